The van der Waals surface area contributed by atoms with Gasteiger partial charge in [0.2, 0.25) is 29.0 Å². The zero-order valence-electron chi connectivity index (χ0n) is 18.9. The number of hydrogen-bond acceptors (Lipinski definition) is 7. The number of ketones is 2. The van der Waals surface area contributed by atoms with E-state index < -0.39 is 51.8 Å². The summed E-state index contributed by atoms with van der Waals surface area (Å²) in [7, 11) is 0. The highest BCUT2D eigenvalue weighted by Gasteiger charge is 2.74. The molecule has 0 aromatic heterocycles. The van der Waals surface area contributed by atoms with Gasteiger partial charge in [0.05, 0.1) is 28.6 Å². The first-order valence-electron chi connectivity index (χ1n) is 11.3. The van der Waals surface area contributed by atoms with Crippen LogP contribution in [0.25, 0.3) is 0 Å². The van der Waals surface area contributed by atoms with Gasteiger partial charge in [-0.2, -0.15) is 0 Å². The number of fused-ring (bicyclic) bond motifs is 3. The third kappa shape index (κ3) is 2.74. The zero-order valence-corrected chi connectivity index (χ0v) is 18.9. The molecular weight excluding hydrogens is 464 g/mol. The average Bonchev–Trinajstić information content (AvgIpc) is 3.44. The quantitative estimate of drug-likeness (QED) is 0.242. The summed E-state index contributed by atoms with van der Waals surface area (Å²) >= 11 is 0. The molecule has 2 fully saturated rings. The maximum Gasteiger partial charge on any atom is 0.271 e. The molecule has 178 valence electrons. The van der Waals surface area contributed by atoms with Crippen LogP contribution in [0.5, 0.6) is 0 Å². The minimum atomic E-state index is -2.19. The normalized spacial score (nSPS) is 23.9. The van der Waals surface area contributed by atoms with Gasteiger partial charge in [-0.1, -0.05) is 60.2 Å². The van der Waals surface area contributed by atoms with Crippen molar-refractivity contribution in [1.29, 1.82) is 0 Å². The fourth-order valence-corrected chi connectivity index (χ4v) is 5.57. The van der Waals surface area contributed by atoms with Gasteiger partial charge in [0.1, 0.15) is 0 Å². The number of carbonyl (C=O) groups excluding carboxylic acids is 4. The SMILES string of the molecule is Cc1ccc(C2OC3(C(=O)c4ccccc4C3=O)C3C(=O)N(c4cccc([N+](=O)[O-])c4)C(=O)C23)cc1. The van der Waals surface area contributed by atoms with E-state index in [-0.39, 0.29) is 22.5 Å². The summed E-state index contributed by atoms with van der Waals surface area (Å²) < 4.78 is 6.22. The summed E-state index contributed by atoms with van der Waals surface area (Å²) in [4.78, 5) is 66.6. The molecule has 2 amide bonds. The van der Waals surface area contributed by atoms with Gasteiger partial charge in [0.25, 0.3) is 5.69 Å². The van der Waals surface area contributed by atoms with Crippen molar-refractivity contribution in [2.75, 3.05) is 4.90 Å². The number of hydrogen-bond donors (Lipinski definition) is 0. The molecule has 1 spiro atoms. The third-order valence-corrected chi connectivity index (χ3v) is 7.22. The molecule has 0 radical (unpaired) electrons. The van der Waals surface area contributed by atoms with Crippen molar-refractivity contribution in [2.45, 2.75) is 18.6 Å². The van der Waals surface area contributed by atoms with Crippen molar-refractivity contribution in [1.82, 2.24) is 0 Å². The number of aryl methyl sites for hydroxylation is 1. The minimum Gasteiger partial charge on any atom is -0.349 e. The van der Waals surface area contributed by atoms with Gasteiger partial charge in [-0.05, 0) is 18.6 Å². The summed E-state index contributed by atoms with van der Waals surface area (Å²) in [5.74, 6) is -5.37. The van der Waals surface area contributed by atoms with Crippen LogP contribution in [0, 0.1) is 28.9 Å². The van der Waals surface area contributed by atoms with Crippen molar-refractivity contribution in [2.24, 2.45) is 11.8 Å². The summed E-state index contributed by atoms with van der Waals surface area (Å²) in [5.41, 5.74) is -0.707. The Morgan fingerprint density at radius 2 is 1.50 bits per heavy atom. The predicted molar refractivity (Wildman–Crippen MR) is 125 cm³/mol. The van der Waals surface area contributed by atoms with Gasteiger partial charge in [0, 0.05) is 23.3 Å². The Hall–Kier alpha value is -4.50. The third-order valence-electron chi connectivity index (χ3n) is 7.22. The molecule has 3 unspecified atom stereocenters. The number of ether oxygens (including phenoxy) is 1. The molecule has 2 saturated heterocycles. The van der Waals surface area contributed by atoms with E-state index in [0.717, 1.165) is 16.5 Å². The fraction of sp³-hybridized carbons (Fsp3) is 0.185. The predicted octanol–water partition coefficient (Wildman–Crippen LogP) is 3.60. The van der Waals surface area contributed by atoms with Gasteiger partial charge in [-0.15, -0.1) is 0 Å². The molecule has 1 aliphatic carbocycles. The lowest BCUT2D eigenvalue weighted by Gasteiger charge is -2.27. The molecule has 9 nitrogen and oxygen atoms in total. The molecule has 0 saturated carbocycles. The number of non-ortho nitro benzene ring substituents is 1. The molecular formula is C27H18N2O7. The first kappa shape index (κ1) is 22.0. The molecule has 3 aromatic rings. The van der Waals surface area contributed by atoms with Crippen molar-refractivity contribution in [3.8, 4) is 0 Å². The van der Waals surface area contributed by atoms with Crippen LogP contribution in [0.15, 0.2) is 72.8 Å². The summed E-state index contributed by atoms with van der Waals surface area (Å²) in [6.07, 6.45) is -1.04. The topological polar surface area (TPSA) is 124 Å². The second kappa shape index (κ2) is 7.50. The molecule has 6 rings (SSSR count). The van der Waals surface area contributed by atoms with Crippen LogP contribution in [0.4, 0.5) is 11.4 Å². The van der Waals surface area contributed by atoms with Crippen molar-refractivity contribution in [3.05, 3.63) is 105 Å². The monoisotopic (exact) mass is 482 g/mol. The van der Waals surface area contributed by atoms with Gasteiger partial charge in [-0.25, -0.2) is 4.90 Å². The molecule has 36 heavy (non-hydrogen) atoms. The zero-order chi connectivity index (χ0) is 25.4. The van der Waals surface area contributed by atoms with Crippen LogP contribution in [-0.4, -0.2) is 33.9 Å². The lowest BCUT2D eigenvalue weighted by molar-refractivity contribution is -0.384. The van der Waals surface area contributed by atoms with Gasteiger partial charge in [0.15, 0.2) is 0 Å². The maximum atomic E-state index is 13.9. The maximum absolute atomic E-state index is 13.9. The molecule has 3 aromatic carbocycles. The standard InChI is InChI=1S/C27H18N2O7/c1-14-9-11-15(12-10-14)22-20-21(27(36-22)23(30)18-7-2-3-8-19(18)24(27)31)26(33)28(25(20)32)16-5-4-6-17(13-16)29(34)35/h2-13,20-22H,1H3. The average molecular weight is 482 g/mol. The Labute approximate surface area is 204 Å². The number of imide groups is 1. The Balaban J connectivity index is 1.54. The highest BCUT2D eigenvalue weighted by Crippen LogP contribution is 2.57. The molecule has 2 heterocycles. The largest absolute Gasteiger partial charge is 0.349 e. The van der Waals surface area contributed by atoms with Crippen LogP contribution >= 0.6 is 0 Å². The van der Waals surface area contributed by atoms with Gasteiger partial charge < -0.3 is 4.74 Å². The van der Waals surface area contributed by atoms with E-state index in [1.165, 1.54) is 30.3 Å². The Morgan fingerprint density at radius 3 is 2.11 bits per heavy atom. The fourth-order valence-electron chi connectivity index (χ4n) is 5.57. The van der Waals surface area contributed by atoms with Crippen LogP contribution in [-0.2, 0) is 14.3 Å². The summed E-state index contributed by atoms with van der Waals surface area (Å²) in [6.45, 7) is 1.89. The Bertz CT molecular complexity index is 1480. The molecule has 0 N–H and O–H groups in total. The molecule has 0 bridgehead atoms. The van der Waals surface area contributed by atoms with Gasteiger partial charge >= 0.3 is 0 Å². The highest BCUT2D eigenvalue weighted by atomic mass is 16.6. The Morgan fingerprint density at radius 1 is 0.861 bits per heavy atom. The van der Waals surface area contributed by atoms with Crippen molar-refractivity contribution in [3.63, 3.8) is 0 Å². The lowest BCUT2D eigenvalue weighted by atomic mass is 9.77. The second-order valence-corrected chi connectivity index (χ2v) is 9.18. The van der Waals surface area contributed by atoms with E-state index >= 15 is 0 Å². The number of amides is 2. The van der Waals surface area contributed by atoms with Gasteiger partial charge in [-0.3, -0.25) is 29.3 Å². The van der Waals surface area contributed by atoms with Crippen LogP contribution < -0.4 is 4.90 Å². The second-order valence-electron chi connectivity index (χ2n) is 9.18. The minimum absolute atomic E-state index is 0.00168. The van der Waals surface area contributed by atoms with Crippen molar-refractivity contribution < 1.29 is 28.8 Å². The first-order chi connectivity index (χ1) is 17.3. The van der Waals surface area contributed by atoms with E-state index in [2.05, 4.69) is 0 Å². The highest BCUT2D eigenvalue weighted by molar-refractivity contribution is 6.37. The molecule has 3 atom stereocenters. The number of Topliss-reactive ketones (excluding diaryl/α,β-unsaturated/α-hetero) is 2. The van der Waals surface area contributed by atoms with Crippen LogP contribution in [0.1, 0.15) is 37.9 Å². The number of carbonyl (C=O) groups is 4. The van der Waals surface area contributed by atoms with Crippen LogP contribution in [0.3, 0.4) is 0 Å². The number of nitrogens with zero attached hydrogens (tertiary/aromatic N) is 2. The van der Waals surface area contributed by atoms with E-state index in [1.807, 2.05) is 19.1 Å². The number of anilines is 1. The van der Waals surface area contributed by atoms with Crippen LogP contribution in [0.2, 0.25) is 0 Å². The van der Waals surface area contributed by atoms with E-state index in [1.54, 1.807) is 24.3 Å². The number of nitro groups is 1. The summed E-state index contributed by atoms with van der Waals surface area (Å²) in [5, 5.41) is 11.3. The van der Waals surface area contributed by atoms with Crippen molar-refractivity contribution >= 4 is 34.8 Å². The summed E-state index contributed by atoms with van der Waals surface area (Å²) in [6, 6.07) is 18.5. The number of rotatable bonds is 3. The van der Waals surface area contributed by atoms with E-state index in [9.17, 15) is 29.3 Å². The van der Waals surface area contributed by atoms with E-state index in [0.29, 0.717) is 5.56 Å². The lowest BCUT2D eigenvalue weighted by Crippen LogP contribution is -2.51. The number of nitro benzene ring substituents is 1. The van der Waals surface area contributed by atoms with E-state index in [4.69, 9.17) is 4.74 Å². The molecule has 9 heteroatoms. The molecule has 2 aliphatic heterocycles. The smallest absolute Gasteiger partial charge is 0.271 e. The number of benzene rings is 3. The molecule has 3 aliphatic rings. The Kier molecular flexibility index (Phi) is 4.58. The first-order valence-corrected chi connectivity index (χ1v) is 11.3.